The minimum atomic E-state index is 1.01. The largest absolute Gasteiger partial charge is 0.501 e. The Kier molecular flexibility index (Phi) is 2.96. The molecule has 0 unspecified atom stereocenters. The third-order valence-electron chi connectivity index (χ3n) is 1.70. The molecule has 1 heteroatoms. The maximum absolute atomic E-state index is 5.18. The van der Waals surface area contributed by atoms with Gasteiger partial charge < -0.3 is 4.74 Å². The Morgan fingerprint density at radius 1 is 1.45 bits per heavy atom. The molecule has 0 fully saturated rings. The summed E-state index contributed by atoms with van der Waals surface area (Å²) in [4.78, 5) is 0. The molecule has 0 aliphatic heterocycles. The van der Waals surface area contributed by atoms with Crippen LogP contribution in [0.2, 0.25) is 0 Å². The predicted molar refractivity (Wildman–Crippen MR) is 47.2 cm³/mol. The highest BCUT2D eigenvalue weighted by molar-refractivity contribution is 5.25. The Hall–Kier alpha value is -0.980. The average Bonchev–Trinajstić information content (AvgIpc) is 1.96. The second kappa shape index (κ2) is 4.02. The van der Waals surface area contributed by atoms with E-state index in [0.717, 1.165) is 18.6 Å². The molecule has 1 aliphatic carbocycles. The molecule has 1 nitrogen and oxygen atoms in total. The summed E-state index contributed by atoms with van der Waals surface area (Å²) in [7, 11) is 1.73. The fraction of sp³-hybridized carbons (Fsp3) is 0.400. The average molecular weight is 150 g/mol. The molecule has 60 valence electrons. The van der Waals surface area contributed by atoms with Crippen molar-refractivity contribution < 1.29 is 4.74 Å². The lowest BCUT2D eigenvalue weighted by atomic mass is 10.1. The quantitative estimate of drug-likeness (QED) is 0.558. The molecule has 0 aromatic heterocycles. The van der Waals surface area contributed by atoms with Gasteiger partial charge in [-0.1, -0.05) is 18.2 Å². The Morgan fingerprint density at radius 2 is 2.27 bits per heavy atom. The molecule has 1 rings (SSSR count). The van der Waals surface area contributed by atoms with Crippen molar-refractivity contribution in [1.82, 2.24) is 0 Å². The van der Waals surface area contributed by atoms with Gasteiger partial charge in [0.25, 0.3) is 0 Å². The van der Waals surface area contributed by atoms with Crippen LogP contribution in [-0.2, 0) is 4.74 Å². The van der Waals surface area contributed by atoms with Crippen molar-refractivity contribution >= 4 is 0 Å². The molecule has 0 bridgehead atoms. The zero-order valence-corrected chi connectivity index (χ0v) is 7.13. The first-order valence-electron chi connectivity index (χ1n) is 3.91. The maximum Gasteiger partial charge on any atom is 0.0961 e. The molecule has 11 heavy (non-hydrogen) atoms. The zero-order valence-electron chi connectivity index (χ0n) is 7.13. The molecule has 0 atom stereocenters. The van der Waals surface area contributed by atoms with E-state index in [1.54, 1.807) is 7.11 Å². The summed E-state index contributed by atoms with van der Waals surface area (Å²) < 4.78 is 5.18. The minimum Gasteiger partial charge on any atom is -0.501 e. The number of rotatable bonds is 1. The topological polar surface area (TPSA) is 9.23 Å². The van der Waals surface area contributed by atoms with Crippen molar-refractivity contribution in [1.29, 1.82) is 0 Å². The fourth-order valence-corrected chi connectivity index (χ4v) is 1.08. The van der Waals surface area contributed by atoms with Crippen LogP contribution in [0.4, 0.5) is 0 Å². The Labute approximate surface area is 68.1 Å². The van der Waals surface area contributed by atoms with Gasteiger partial charge in [0.15, 0.2) is 0 Å². The third kappa shape index (κ3) is 2.62. The first-order chi connectivity index (χ1) is 5.33. The smallest absolute Gasteiger partial charge is 0.0961 e. The summed E-state index contributed by atoms with van der Waals surface area (Å²) >= 11 is 0. The summed E-state index contributed by atoms with van der Waals surface area (Å²) in [5.41, 5.74) is 1.25. The van der Waals surface area contributed by atoms with Crippen molar-refractivity contribution in [3.05, 3.63) is 35.6 Å². The molecule has 0 aromatic carbocycles. The molecule has 0 spiro atoms. The predicted octanol–water partition coefficient (Wildman–Crippen LogP) is 2.81. The van der Waals surface area contributed by atoms with Crippen LogP contribution in [0.3, 0.4) is 0 Å². The third-order valence-corrected chi connectivity index (χ3v) is 1.70. The standard InChI is InChI=1S/C10H14O/c1-9-6-4-3-5-7-10(8-9)11-2/h3-4,6,8H,5,7H2,1-2H3/b4-3-,9-6-,10-8+. The second-order valence-electron chi connectivity index (χ2n) is 2.69. The molecular weight excluding hydrogens is 136 g/mol. The van der Waals surface area contributed by atoms with E-state index >= 15 is 0 Å². The van der Waals surface area contributed by atoms with E-state index in [9.17, 15) is 0 Å². The van der Waals surface area contributed by atoms with Gasteiger partial charge in [0.05, 0.1) is 12.9 Å². The van der Waals surface area contributed by atoms with Crippen LogP contribution in [-0.4, -0.2) is 7.11 Å². The SMILES string of the molecule is CO/C1=C/C(C)=C\C=C/CC1. The van der Waals surface area contributed by atoms with Gasteiger partial charge in [-0.05, 0) is 25.0 Å². The van der Waals surface area contributed by atoms with Gasteiger partial charge in [-0.3, -0.25) is 0 Å². The Balaban J connectivity index is 2.75. The summed E-state index contributed by atoms with van der Waals surface area (Å²) in [6, 6.07) is 0. The van der Waals surface area contributed by atoms with E-state index < -0.39 is 0 Å². The van der Waals surface area contributed by atoms with Crippen LogP contribution in [0.1, 0.15) is 19.8 Å². The number of allylic oxidation sites excluding steroid dienone is 6. The van der Waals surface area contributed by atoms with Crippen LogP contribution < -0.4 is 0 Å². The van der Waals surface area contributed by atoms with Crippen molar-refractivity contribution in [2.45, 2.75) is 19.8 Å². The lowest BCUT2D eigenvalue weighted by molar-refractivity contribution is 0.277. The van der Waals surface area contributed by atoms with E-state index in [1.165, 1.54) is 5.57 Å². The molecule has 0 radical (unpaired) electrons. The molecule has 1 aliphatic rings. The normalized spacial score (nSPS) is 30.4. The van der Waals surface area contributed by atoms with Crippen LogP contribution in [0.5, 0.6) is 0 Å². The first kappa shape index (κ1) is 8.12. The van der Waals surface area contributed by atoms with E-state index in [2.05, 4.69) is 31.2 Å². The maximum atomic E-state index is 5.18. The number of hydrogen-bond acceptors (Lipinski definition) is 1. The van der Waals surface area contributed by atoms with Crippen molar-refractivity contribution in [3.63, 3.8) is 0 Å². The van der Waals surface area contributed by atoms with Crippen molar-refractivity contribution in [2.75, 3.05) is 7.11 Å². The number of methoxy groups -OCH3 is 1. The summed E-state index contributed by atoms with van der Waals surface area (Å²) in [5, 5.41) is 0. The number of ether oxygens (including phenoxy) is 1. The molecule has 0 saturated carbocycles. The molecular formula is C10H14O. The molecule has 0 aromatic rings. The second-order valence-corrected chi connectivity index (χ2v) is 2.69. The van der Waals surface area contributed by atoms with Crippen LogP contribution >= 0.6 is 0 Å². The van der Waals surface area contributed by atoms with Crippen molar-refractivity contribution in [3.8, 4) is 0 Å². The van der Waals surface area contributed by atoms with Gasteiger partial charge in [-0.15, -0.1) is 0 Å². The van der Waals surface area contributed by atoms with Gasteiger partial charge in [-0.2, -0.15) is 0 Å². The van der Waals surface area contributed by atoms with Gasteiger partial charge in [0.1, 0.15) is 0 Å². The summed E-state index contributed by atoms with van der Waals surface area (Å²) in [6.07, 6.45) is 10.5. The Morgan fingerprint density at radius 3 is 3.00 bits per heavy atom. The van der Waals surface area contributed by atoms with E-state index in [0.29, 0.717) is 0 Å². The zero-order chi connectivity index (χ0) is 8.10. The van der Waals surface area contributed by atoms with Crippen molar-refractivity contribution in [2.24, 2.45) is 0 Å². The van der Waals surface area contributed by atoms with Gasteiger partial charge in [-0.25, -0.2) is 0 Å². The fourth-order valence-electron chi connectivity index (χ4n) is 1.08. The molecule has 0 heterocycles. The van der Waals surface area contributed by atoms with Crippen LogP contribution in [0, 0.1) is 0 Å². The van der Waals surface area contributed by atoms with E-state index in [-0.39, 0.29) is 0 Å². The van der Waals surface area contributed by atoms with E-state index in [4.69, 9.17) is 4.74 Å². The lowest BCUT2D eigenvalue weighted by Crippen LogP contribution is -1.88. The molecule has 0 saturated heterocycles. The minimum absolute atomic E-state index is 1.01. The number of hydrogen-bond donors (Lipinski definition) is 0. The molecule has 0 amide bonds. The van der Waals surface area contributed by atoms with E-state index in [1.807, 2.05) is 0 Å². The monoisotopic (exact) mass is 150 g/mol. The Bertz CT molecular complexity index is 209. The highest BCUT2D eigenvalue weighted by Crippen LogP contribution is 2.12. The lowest BCUT2D eigenvalue weighted by Gasteiger charge is -2.05. The highest BCUT2D eigenvalue weighted by atomic mass is 16.5. The first-order valence-corrected chi connectivity index (χ1v) is 3.91. The highest BCUT2D eigenvalue weighted by Gasteiger charge is 1.96. The van der Waals surface area contributed by atoms with Crippen LogP contribution in [0.15, 0.2) is 35.6 Å². The summed E-state index contributed by atoms with van der Waals surface area (Å²) in [6.45, 7) is 2.08. The van der Waals surface area contributed by atoms with Gasteiger partial charge in [0.2, 0.25) is 0 Å². The van der Waals surface area contributed by atoms with Gasteiger partial charge >= 0.3 is 0 Å². The van der Waals surface area contributed by atoms with Gasteiger partial charge in [0, 0.05) is 6.42 Å². The molecule has 0 N–H and O–H groups in total. The van der Waals surface area contributed by atoms with Crippen LogP contribution in [0.25, 0.3) is 0 Å². The summed E-state index contributed by atoms with van der Waals surface area (Å²) in [5.74, 6) is 1.07.